The Labute approximate surface area is 115 Å². The third kappa shape index (κ3) is 59.4. The normalized spacial score (nSPS) is 7.00. The second-order valence-corrected chi connectivity index (χ2v) is 2.85. The molecule has 0 aromatic heterocycles. The van der Waals surface area contributed by atoms with E-state index in [4.69, 9.17) is 4.74 Å². The second kappa shape index (κ2) is 36.0. The Morgan fingerprint density at radius 2 is 0.722 bits per heavy atom. The third-order valence-corrected chi connectivity index (χ3v) is 1.14. The number of methoxy groups -OCH3 is 2. The van der Waals surface area contributed by atoms with Crippen molar-refractivity contribution in [3.8, 4) is 0 Å². The Morgan fingerprint density at radius 1 is 0.611 bits per heavy atom. The van der Waals surface area contributed by atoms with Gasteiger partial charge in [-0.1, -0.05) is 64.1 Å². The van der Waals surface area contributed by atoms with Crippen LogP contribution >= 0.6 is 0 Å². The topological polar surface area (TPSA) is 18.5 Å². The number of ether oxygens (including phenoxy) is 2. The van der Waals surface area contributed by atoms with Gasteiger partial charge in [-0.05, 0) is 13.8 Å². The molecule has 0 aliphatic carbocycles. The molecule has 0 N–H and O–H groups in total. The van der Waals surface area contributed by atoms with E-state index < -0.39 is 0 Å². The maximum Gasteiger partial charge on any atom is 0.0515 e. The molecule has 0 fully saturated rings. The zero-order valence-electron chi connectivity index (χ0n) is 13.9. The van der Waals surface area contributed by atoms with Crippen LogP contribution in [0, 0.1) is 0 Å². The van der Waals surface area contributed by atoms with Gasteiger partial charge in [0.25, 0.3) is 0 Å². The molecule has 1 rings (SSSR count). The van der Waals surface area contributed by atoms with E-state index in [1.165, 1.54) is 0 Å². The van der Waals surface area contributed by atoms with Gasteiger partial charge in [0.1, 0.15) is 0 Å². The molecule has 0 atom stereocenters. The van der Waals surface area contributed by atoms with Gasteiger partial charge in [-0.15, -0.1) is 0 Å². The van der Waals surface area contributed by atoms with Gasteiger partial charge in [0.05, 0.1) is 6.10 Å². The summed E-state index contributed by atoms with van der Waals surface area (Å²) in [4.78, 5) is 0. The van der Waals surface area contributed by atoms with Gasteiger partial charge >= 0.3 is 0 Å². The van der Waals surface area contributed by atoms with Crippen LogP contribution < -0.4 is 0 Å². The first-order valence-electron chi connectivity index (χ1n) is 6.62. The Balaban J connectivity index is -0.0000000746. The summed E-state index contributed by atoms with van der Waals surface area (Å²) in [6, 6.07) is 12.0. The summed E-state index contributed by atoms with van der Waals surface area (Å²) < 4.78 is 9.00. The van der Waals surface area contributed by atoms with Crippen molar-refractivity contribution in [1.29, 1.82) is 0 Å². The Hall–Kier alpha value is -0.860. The number of hydrogen-bond donors (Lipinski definition) is 0. The molecule has 110 valence electrons. The molecule has 0 bridgehead atoms. The van der Waals surface area contributed by atoms with Crippen LogP contribution in [0.15, 0.2) is 36.4 Å². The summed E-state index contributed by atoms with van der Waals surface area (Å²) in [5, 5.41) is 0. The van der Waals surface area contributed by atoms with Crippen LogP contribution in [0.25, 0.3) is 0 Å². The molecule has 0 spiro atoms. The van der Waals surface area contributed by atoms with Crippen molar-refractivity contribution in [2.75, 3.05) is 21.3 Å². The molecular weight excluding hydrogens is 224 g/mol. The van der Waals surface area contributed by atoms with E-state index in [1.807, 2.05) is 77.9 Å². The lowest BCUT2D eigenvalue weighted by molar-refractivity contribution is 0.134. The smallest absolute Gasteiger partial charge is 0.0515 e. The van der Waals surface area contributed by atoms with Gasteiger partial charge in [0, 0.05) is 21.3 Å². The highest BCUT2D eigenvalue weighted by atomic mass is 16.5. The van der Waals surface area contributed by atoms with Crippen LogP contribution in [-0.2, 0) is 9.47 Å². The highest BCUT2D eigenvalue weighted by Crippen LogP contribution is 1.80. The lowest BCUT2D eigenvalue weighted by Crippen LogP contribution is -1.94. The van der Waals surface area contributed by atoms with Gasteiger partial charge in [0.15, 0.2) is 0 Å². The highest BCUT2D eigenvalue weighted by Gasteiger charge is 1.78. The van der Waals surface area contributed by atoms with Crippen molar-refractivity contribution < 1.29 is 9.47 Å². The van der Waals surface area contributed by atoms with E-state index in [2.05, 4.69) is 4.74 Å². The van der Waals surface area contributed by atoms with Crippen LogP contribution in [0.4, 0.5) is 0 Å². The average molecular weight is 258 g/mol. The van der Waals surface area contributed by atoms with E-state index >= 15 is 0 Å². The molecule has 2 nitrogen and oxygen atoms in total. The first kappa shape index (κ1) is 25.9. The SMILES string of the molecule is CC.CC.COC.COC(C)C.c1ccccc1. The minimum absolute atomic E-state index is 0.384. The number of benzene rings is 1. The summed E-state index contributed by atoms with van der Waals surface area (Å²) in [6.07, 6.45) is 0.384. The summed E-state index contributed by atoms with van der Waals surface area (Å²) in [5.74, 6) is 0. The monoisotopic (exact) mass is 258 g/mol. The van der Waals surface area contributed by atoms with Gasteiger partial charge in [-0.25, -0.2) is 0 Å². The second-order valence-electron chi connectivity index (χ2n) is 2.85. The number of hydrogen-bond acceptors (Lipinski definition) is 2. The van der Waals surface area contributed by atoms with E-state index in [0.717, 1.165) is 0 Å². The minimum atomic E-state index is 0.384. The van der Waals surface area contributed by atoms with Gasteiger partial charge in [-0.3, -0.25) is 0 Å². The molecule has 0 unspecified atom stereocenters. The molecule has 18 heavy (non-hydrogen) atoms. The molecule has 0 heterocycles. The first-order chi connectivity index (χ1) is 8.68. The predicted molar refractivity (Wildman–Crippen MR) is 84.2 cm³/mol. The Kier molecular flexibility index (Phi) is 51.7. The molecule has 2 heteroatoms. The van der Waals surface area contributed by atoms with E-state index in [0.29, 0.717) is 6.10 Å². The van der Waals surface area contributed by atoms with Crippen LogP contribution in [-0.4, -0.2) is 27.4 Å². The maximum atomic E-state index is 4.75. The van der Waals surface area contributed by atoms with Crippen molar-refractivity contribution in [3.63, 3.8) is 0 Å². The van der Waals surface area contributed by atoms with E-state index in [1.54, 1.807) is 21.3 Å². The van der Waals surface area contributed by atoms with Crippen LogP contribution in [0.3, 0.4) is 0 Å². The largest absolute Gasteiger partial charge is 0.388 e. The van der Waals surface area contributed by atoms with Crippen molar-refractivity contribution >= 4 is 0 Å². The van der Waals surface area contributed by atoms with Crippen LogP contribution in [0.5, 0.6) is 0 Å². The minimum Gasteiger partial charge on any atom is -0.388 e. The molecule has 0 amide bonds. The van der Waals surface area contributed by atoms with Crippen molar-refractivity contribution in [2.45, 2.75) is 47.6 Å². The maximum absolute atomic E-state index is 4.75. The third-order valence-electron chi connectivity index (χ3n) is 1.14. The summed E-state index contributed by atoms with van der Waals surface area (Å²) in [6.45, 7) is 12.0. The zero-order chi connectivity index (χ0) is 15.2. The molecule has 1 aromatic rings. The fourth-order valence-corrected chi connectivity index (χ4v) is 0.385. The first-order valence-corrected chi connectivity index (χ1v) is 6.62. The quantitative estimate of drug-likeness (QED) is 0.702. The van der Waals surface area contributed by atoms with Crippen molar-refractivity contribution in [1.82, 2.24) is 0 Å². The molecule has 0 aliphatic rings. The molecule has 1 aromatic carbocycles. The molecule has 0 radical (unpaired) electrons. The van der Waals surface area contributed by atoms with Gasteiger partial charge < -0.3 is 9.47 Å². The van der Waals surface area contributed by atoms with E-state index in [-0.39, 0.29) is 0 Å². The predicted octanol–water partition coefficient (Wildman–Crippen LogP) is 5.04. The molecule has 0 saturated carbocycles. The van der Waals surface area contributed by atoms with Crippen LogP contribution in [0.1, 0.15) is 41.5 Å². The fourth-order valence-electron chi connectivity index (χ4n) is 0.385. The highest BCUT2D eigenvalue weighted by molar-refractivity contribution is 4.99. The average Bonchev–Trinajstić information content (AvgIpc) is 2.46. The molecular formula is C16H34O2. The van der Waals surface area contributed by atoms with E-state index in [9.17, 15) is 0 Å². The Morgan fingerprint density at radius 3 is 0.778 bits per heavy atom. The van der Waals surface area contributed by atoms with Crippen molar-refractivity contribution in [2.24, 2.45) is 0 Å². The van der Waals surface area contributed by atoms with Gasteiger partial charge in [-0.2, -0.15) is 0 Å². The summed E-state index contributed by atoms with van der Waals surface area (Å²) in [7, 11) is 4.95. The lowest BCUT2D eigenvalue weighted by Gasteiger charge is -1.94. The van der Waals surface area contributed by atoms with Crippen molar-refractivity contribution in [3.05, 3.63) is 36.4 Å². The summed E-state index contributed by atoms with van der Waals surface area (Å²) in [5.41, 5.74) is 0. The zero-order valence-corrected chi connectivity index (χ0v) is 13.9. The Bertz CT molecular complexity index is 135. The summed E-state index contributed by atoms with van der Waals surface area (Å²) >= 11 is 0. The van der Waals surface area contributed by atoms with Crippen LogP contribution in [0.2, 0.25) is 0 Å². The number of rotatable bonds is 1. The fraction of sp³-hybridized carbons (Fsp3) is 0.625. The standard InChI is InChI=1S/C6H6.C4H10O.C2H6O.2C2H6/c1-2-4-6-5-3-1;1-4(2)5-3;1-3-2;2*1-2/h1-6H;4H,1-3H3;1-2H3;2*1-2H3. The molecule has 0 aliphatic heterocycles. The molecule has 0 saturated heterocycles. The van der Waals surface area contributed by atoms with Gasteiger partial charge in [0.2, 0.25) is 0 Å². The lowest BCUT2D eigenvalue weighted by atomic mass is 10.4.